The summed E-state index contributed by atoms with van der Waals surface area (Å²) in [4.78, 5) is 2.78. The second-order valence-electron chi connectivity index (χ2n) is 5.54. The molecule has 1 aliphatic carbocycles. The lowest BCUT2D eigenvalue weighted by Crippen LogP contribution is -2.35. The molecule has 0 aromatic heterocycles. The van der Waals surface area contributed by atoms with Gasteiger partial charge in [-0.15, -0.1) is 0 Å². The highest BCUT2D eigenvalue weighted by Crippen LogP contribution is 2.29. The van der Waals surface area contributed by atoms with Crippen molar-refractivity contribution in [2.45, 2.75) is 43.0 Å². The Kier molecular flexibility index (Phi) is 5.05. The van der Waals surface area contributed by atoms with E-state index in [2.05, 4.69) is 4.90 Å². The van der Waals surface area contributed by atoms with Gasteiger partial charge in [0.05, 0.1) is 4.90 Å². The van der Waals surface area contributed by atoms with E-state index in [-0.39, 0.29) is 0 Å². The Morgan fingerprint density at radius 3 is 2.30 bits per heavy atom. The van der Waals surface area contributed by atoms with Gasteiger partial charge in [0.1, 0.15) is 0 Å². The van der Waals surface area contributed by atoms with Crippen molar-refractivity contribution in [2.75, 3.05) is 24.2 Å². The fourth-order valence-corrected chi connectivity index (χ4v) is 3.52. The fourth-order valence-electron chi connectivity index (χ4n) is 2.88. The van der Waals surface area contributed by atoms with Gasteiger partial charge in [-0.3, -0.25) is 0 Å². The smallest absolute Gasteiger partial charge is 0.175 e. The van der Waals surface area contributed by atoms with Crippen LogP contribution in [-0.2, 0) is 9.84 Å². The van der Waals surface area contributed by atoms with E-state index >= 15 is 0 Å². The molecule has 20 heavy (non-hydrogen) atoms. The predicted molar refractivity (Wildman–Crippen MR) is 82.8 cm³/mol. The molecule has 0 spiro atoms. The van der Waals surface area contributed by atoms with E-state index in [1.165, 1.54) is 31.9 Å². The van der Waals surface area contributed by atoms with Gasteiger partial charge in [0.25, 0.3) is 0 Å². The summed E-state index contributed by atoms with van der Waals surface area (Å²) in [5, 5.41) is 0. The Morgan fingerprint density at radius 2 is 1.80 bits per heavy atom. The summed E-state index contributed by atoms with van der Waals surface area (Å²) < 4.78 is 23.0. The monoisotopic (exact) mass is 296 g/mol. The lowest BCUT2D eigenvalue weighted by molar-refractivity contribution is 0.592. The summed E-state index contributed by atoms with van der Waals surface area (Å²) in [6.07, 6.45) is 7.21. The maximum absolute atomic E-state index is 11.5. The Bertz CT molecular complexity index is 519. The van der Waals surface area contributed by atoms with Crippen LogP contribution in [0.4, 0.5) is 5.69 Å². The fraction of sp³-hybridized carbons (Fsp3) is 0.600. The summed E-state index contributed by atoms with van der Waals surface area (Å²) in [6.45, 7) is 1.63. The lowest BCUT2D eigenvalue weighted by atomic mass is 10.1. The first-order valence-corrected chi connectivity index (χ1v) is 9.18. The first kappa shape index (κ1) is 15.3. The standard InChI is InChI=1S/C15H24N2O2S/c1-20(18,19)15-9-7-14(8-10-15)17(12-4-11-16)13-5-2-3-6-13/h7-10,13H,2-6,11-12,16H2,1H3. The van der Waals surface area contributed by atoms with Gasteiger partial charge >= 0.3 is 0 Å². The van der Waals surface area contributed by atoms with Crippen LogP contribution < -0.4 is 10.6 Å². The van der Waals surface area contributed by atoms with Crippen LogP contribution in [0.2, 0.25) is 0 Å². The van der Waals surface area contributed by atoms with Crippen LogP contribution >= 0.6 is 0 Å². The van der Waals surface area contributed by atoms with Gasteiger partial charge in [-0.1, -0.05) is 12.8 Å². The molecule has 0 amide bonds. The third-order valence-corrected chi connectivity index (χ3v) is 5.09. The van der Waals surface area contributed by atoms with Crippen LogP contribution in [0.3, 0.4) is 0 Å². The lowest BCUT2D eigenvalue weighted by Gasteiger charge is -2.31. The van der Waals surface area contributed by atoms with E-state index in [4.69, 9.17) is 5.73 Å². The maximum Gasteiger partial charge on any atom is 0.175 e. The van der Waals surface area contributed by atoms with E-state index in [9.17, 15) is 8.42 Å². The number of nitrogens with two attached hydrogens (primary N) is 1. The quantitative estimate of drug-likeness (QED) is 0.874. The molecule has 0 atom stereocenters. The number of hydrogen-bond donors (Lipinski definition) is 1. The molecule has 0 unspecified atom stereocenters. The number of rotatable bonds is 6. The van der Waals surface area contributed by atoms with Gasteiger partial charge in [0.2, 0.25) is 0 Å². The van der Waals surface area contributed by atoms with Crippen molar-refractivity contribution in [3.05, 3.63) is 24.3 Å². The van der Waals surface area contributed by atoms with Crippen LogP contribution in [0.5, 0.6) is 0 Å². The average Bonchev–Trinajstić information content (AvgIpc) is 2.93. The second-order valence-corrected chi connectivity index (χ2v) is 7.56. The minimum absolute atomic E-state index is 0.381. The molecule has 4 nitrogen and oxygen atoms in total. The molecular formula is C15H24N2O2S. The van der Waals surface area contributed by atoms with Crippen molar-refractivity contribution in [3.8, 4) is 0 Å². The van der Waals surface area contributed by atoms with Gasteiger partial charge in [0.15, 0.2) is 9.84 Å². The van der Waals surface area contributed by atoms with Crippen molar-refractivity contribution in [1.82, 2.24) is 0 Å². The van der Waals surface area contributed by atoms with E-state index in [0.29, 0.717) is 17.5 Å². The number of sulfone groups is 1. The Balaban J connectivity index is 2.19. The molecule has 1 fully saturated rings. The predicted octanol–water partition coefficient (Wildman–Crippen LogP) is 2.19. The molecule has 0 heterocycles. The molecule has 0 bridgehead atoms. The third-order valence-electron chi connectivity index (χ3n) is 3.97. The van der Waals surface area contributed by atoms with Crippen molar-refractivity contribution >= 4 is 15.5 Å². The minimum Gasteiger partial charge on any atom is -0.369 e. The molecule has 0 radical (unpaired) electrons. The molecule has 2 rings (SSSR count). The van der Waals surface area contributed by atoms with Crippen molar-refractivity contribution in [3.63, 3.8) is 0 Å². The van der Waals surface area contributed by atoms with Crippen molar-refractivity contribution < 1.29 is 8.42 Å². The Morgan fingerprint density at radius 1 is 1.20 bits per heavy atom. The molecule has 1 aliphatic rings. The molecule has 1 aromatic rings. The van der Waals surface area contributed by atoms with Gasteiger partial charge < -0.3 is 10.6 Å². The van der Waals surface area contributed by atoms with E-state index in [1.807, 2.05) is 12.1 Å². The van der Waals surface area contributed by atoms with Gasteiger partial charge in [-0.2, -0.15) is 0 Å². The third kappa shape index (κ3) is 3.73. The number of nitrogens with zero attached hydrogens (tertiary/aromatic N) is 1. The SMILES string of the molecule is CS(=O)(=O)c1ccc(N(CCCN)C2CCCC2)cc1. The number of anilines is 1. The molecule has 5 heteroatoms. The highest BCUT2D eigenvalue weighted by molar-refractivity contribution is 7.90. The zero-order valence-corrected chi connectivity index (χ0v) is 12.9. The molecular weight excluding hydrogens is 272 g/mol. The molecule has 1 saturated carbocycles. The van der Waals surface area contributed by atoms with Gasteiger partial charge in [-0.05, 0) is 50.1 Å². The maximum atomic E-state index is 11.5. The number of hydrogen-bond acceptors (Lipinski definition) is 4. The molecule has 0 aliphatic heterocycles. The van der Waals surface area contributed by atoms with E-state index in [1.54, 1.807) is 12.1 Å². The molecule has 112 valence electrons. The summed E-state index contributed by atoms with van der Waals surface area (Å²) in [5.41, 5.74) is 6.74. The van der Waals surface area contributed by atoms with Crippen LogP contribution in [0, 0.1) is 0 Å². The minimum atomic E-state index is -3.12. The highest BCUT2D eigenvalue weighted by Gasteiger charge is 2.22. The first-order chi connectivity index (χ1) is 9.52. The van der Waals surface area contributed by atoms with Crippen LogP contribution in [0.25, 0.3) is 0 Å². The van der Waals surface area contributed by atoms with Crippen molar-refractivity contribution in [2.24, 2.45) is 5.73 Å². The van der Waals surface area contributed by atoms with E-state index < -0.39 is 9.84 Å². The summed E-state index contributed by atoms with van der Waals surface area (Å²) in [5.74, 6) is 0. The first-order valence-electron chi connectivity index (χ1n) is 7.29. The largest absolute Gasteiger partial charge is 0.369 e. The summed E-state index contributed by atoms with van der Waals surface area (Å²) in [7, 11) is -3.12. The van der Waals surface area contributed by atoms with Crippen LogP contribution in [-0.4, -0.2) is 33.8 Å². The van der Waals surface area contributed by atoms with Crippen LogP contribution in [0.15, 0.2) is 29.2 Å². The second kappa shape index (κ2) is 6.59. The molecule has 0 saturated heterocycles. The number of benzene rings is 1. The Hall–Kier alpha value is -1.07. The molecule has 2 N–H and O–H groups in total. The highest BCUT2D eigenvalue weighted by atomic mass is 32.2. The summed E-state index contributed by atoms with van der Waals surface area (Å²) >= 11 is 0. The Labute approximate surface area is 121 Å². The zero-order chi connectivity index (χ0) is 14.6. The zero-order valence-electron chi connectivity index (χ0n) is 12.1. The average molecular weight is 296 g/mol. The van der Waals surface area contributed by atoms with E-state index in [0.717, 1.165) is 18.7 Å². The van der Waals surface area contributed by atoms with Gasteiger partial charge in [0, 0.05) is 24.5 Å². The van der Waals surface area contributed by atoms with Gasteiger partial charge in [-0.25, -0.2) is 8.42 Å². The summed E-state index contributed by atoms with van der Waals surface area (Å²) in [6, 6.07) is 7.83. The topological polar surface area (TPSA) is 63.4 Å². The normalized spacial score (nSPS) is 16.5. The van der Waals surface area contributed by atoms with Crippen molar-refractivity contribution in [1.29, 1.82) is 0 Å². The van der Waals surface area contributed by atoms with Crippen LogP contribution in [0.1, 0.15) is 32.1 Å². The molecule has 1 aromatic carbocycles.